The van der Waals surface area contributed by atoms with E-state index in [4.69, 9.17) is 0 Å². The first-order valence-corrected chi connectivity index (χ1v) is 7.96. The quantitative estimate of drug-likeness (QED) is 0.880. The number of hydrogen-bond donors (Lipinski definition) is 2. The van der Waals surface area contributed by atoms with Crippen molar-refractivity contribution in [2.45, 2.75) is 19.8 Å². The van der Waals surface area contributed by atoms with Crippen molar-refractivity contribution in [3.05, 3.63) is 83.4 Å². The summed E-state index contributed by atoms with van der Waals surface area (Å²) in [6, 6.07) is 14.9. The molecule has 0 spiro atoms. The molecule has 1 unspecified atom stereocenters. The van der Waals surface area contributed by atoms with E-state index in [0.717, 1.165) is 22.3 Å². The van der Waals surface area contributed by atoms with Crippen LogP contribution >= 0.6 is 0 Å². The first-order valence-electron chi connectivity index (χ1n) is 7.96. The van der Waals surface area contributed by atoms with E-state index in [2.05, 4.69) is 0 Å². The van der Waals surface area contributed by atoms with Gasteiger partial charge in [-0.1, -0.05) is 60.2 Å². The summed E-state index contributed by atoms with van der Waals surface area (Å²) in [4.78, 5) is 11.9. The van der Waals surface area contributed by atoms with Crippen LogP contribution in [0.15, 0.2) is 66.8 Å². The number of benzene rings is 2. The summed E-state index contributed by atoms with van der Waals surface area (Å²) in [6.45, 7) is 2.02. The number of carboxylic acid groups (broad SMARTS) is 1. The minimum absolute atomic E-state index is 0.221. The standard InChI is InChI=1S/C21H20O3/c1-15-2-4-16(5-3-15)14-21(20(23)24)12-10-18(11-13-21)17-6-8-19(22)9-7-17/h2-12,22H,13-14H2,1H3,(H,23,24). The van der Waals surface area contributed by atoms with Crippen molar-refractivity contribution in [3.8, 4) is 5.75 Å². The van der Waals surface area contributed by atoms with Gasteiger partial charge in [-0.05, 0) is 48.6 Å². The highest BCUT2D eigenvalue weighted by molar-refractivity contribution is 5.83. The number of rotatable bonds is 4. The number of phenols is 1. The number of hydrogen-bond acceptors (Lipinski definition) is 2. The molecule has 0 radical (unpaired) electrons. The number of aromatic hydroxyl groups is 1. The highest BCUT2D eigenvalue weighted by atomic mass is 16.4. The molecular formula is C21H20O3. The SMILES string of the molecule is Cc1ccc(CC2(C(=O)O)C=CC(c3ccc(O)cc3)=CC2)cc1. The van der Waals surface area contributed by atoms with Crippen molar-refractivity contribution in [1.29, 1.82) is 0 Å². The predicted octanol–water partition coefficient (Wildman–Crippen LogP) is 4.36. The fourth-order valence-corrected chi connectivity index (χ4v) is 2.98. The molecule has 0 bridgehead atoms. The van der Waals surface area contributed by atoms with E-state index in [-0.39, 0.29) is 5.75 Å². The lowest BCUT2D eigenvalue weighted by Crippen LogP contribution is -2.32. The molecule has 3 rings (SSSR count). The molecule has 1 aliphatic rings. The Morgan fingerprint density at radius 1 is 1.08 bits per heavy atom. The third kappa shape index (κ3) is 3.25. The molecule has 2 N–H and O–H groups in total. The molecule has 0 saturated heterocycles. The van der Waals surface area contributed by atoms with E-state index in [1.54, 1.807) is 18.2 Å². The fourth-order valence-electron chi connectivity index (χ4n) is 2.98. The lowest BCUT2D eigenvalue weighted by Gasteiger charge is -2.28. The van der Waals surface area contributed by atoms with Crippen LogP contribution in [0.3, 0.4) is 0 Å². The Morgan fingerprint density at radius 3 is 2.29 bits per heavy atom. The Morgan fingerprint density at radius 2 is 1.75 bits per heavy atom. The summed E-state index contributed by atoms with van der Waals surface area (Å²) < 4.78 is 0. The molecule has 24 heavy (non-hydrogen) atoms. The van der Waals surface area contributed by atoms with Crippen LogP contribution in [0.25, 0.3) is 5.57 Å². The lowest BCUT2D eigenvalue weighted by atomic mass is 9.74. The van der Waals surface area contributed by atoms with Gasteiger partial charge in [0.15, 0.2) is 0 Å². The highest BCUT2D eigenvalue weighted by Gasteiger charge is 2.36. The number of allylic oxidation sites excluding steroid dienone is 3. The van der Waals surface area contributed by atoms with Gasteiger partial charge >= 0.3 is 5.97 Å². The average molecular weight is 320 g/mol. The monoisotopic (exact) mass is 320 g/mol. The van der Waals surface area contributed by atoms with Crippen LogP contribution in [0, 0.1) is 12.3 Å². The van der Waals surface area contributed by atoms with Crippen LogP contribution in [0.2, 0.25) is 0 Å². The van der Waals surface area contributed by atoms with E-state index in [9.17, 15) is 15.0 Å². The maximum atomic E-state index is 11.9. The van der Waals surface area contributed by atoms with Gasteiger partial charge in [0.05, 0.1) is 5.41 Å². The molecule has 0 saturated carbocycles. The van der Waals surface area contributed by atoms with Gasteiger partial charge < -0.3 is 10.2 Å². The van der Waals surface area contributed by atoms with E-state index < -0.39 is 11.4 Å². The van der Waals surface area contributed by atoms with E-state index in [0.29, 0.717) is 12.8 Å². The third-order valence-electron chi connectivity index (χ3n) is 4.53. The fraction of sp³-hybridized carbons (Fsp3) is 0.190. The zero-order chi connectivity index (χ0) is 17.2. The maximum absolute atomic E-state index is 11.9. The highest BCUT2D eigenvalue weighted by Crippen LogP contribution is 2.36. The van der Waals surface area contributed by atoms with Crippen molar-refractivity contribution >= 4 is 11.5 Å². The summed E-state index contributed by atoms with van der Waals surface area (Å²) in [5, 5.41) is 19.2. The first kappa shape index (κ1) is 16.1. The summed E-state index contributed by atoms with van der Waals surface area (Å²) in [7, 11) is 0. The van der Waals surface area contributed by atoms with Crippen LogP contribution in [0.1, 0.15) is 23.1 Å². The smallest absolute Gasteiger partial charge is 0.314 e. The van der Waals surface area contributed by atoms with Gasteiger partial charge in [-0.25, -0.2) is 0 Å². The summed E-state index contributed by atoms with van der Waals surface area (Å²) in [5.41, 5.74) is 3.23. The van der Waals surface area contributed by atoms with Crippen LogP contribution in [0.4, 0.5) is 0 Å². The Hall–Kier alpha value is -2.81. The molecule has 2 aromatic rings. The van der Waals surface area contributed by atoms with Gasteiger partial charge in [0.25, 0.3) is 0 Å². The summed E-state index contributed by atoms with van der Waals surface area (Å²) in [6.07, 6.45) is 6.56. The molecule has 0 aliphatic heterocycles. The van der Waals surface area contributed by atoms with Crippen LogP contribution in [0.5, 0.6) is 5.75 Å². The Balaban J connectivity index is 1.84. The predicted molar refractivity (Wildman–Crippen MR) is 94.8 cm³/mol. The minimum Gasteiger partial charge on any atom is -0.508 e. The number of carboxylic acids is 1. The Bertz CT molecular complexity index is 798. The second-order valence-electron chi connectivity index (χ2n) is 6.37. The average Bonchev–Trinajstić information content (AvgIpc) is 2.58. The summed E-state index contributed by atoms with van der Waals surface area (Å²) >= 11 is 0. The number of aryl methyl sites for hydroxylation is 1. The van der Waals surface area contributed by atoms with Crippen molar-refractivity contribution < 1.29 is 15.0 Å². The minimum atomic E-state index is -0.907. The molecule has 0 amide bonds. The molecule has 3 heteroatoms. The number of phenolic OH excluding ortho intramolecular Hbond substituents is 1. The van der Waals surface area contributed by atoms with Crippen molar-refractivity contribution in [3.63, 3.8) is 0 Å². The van der Waals surface area contributed by atoms with Crippen molar-refractivity contribution in [2.24, 2.45) is 5.41 Å². The second kappa shape index (κ2) is 6.36. The molecule has 0 heterocycles. The molecule has 0 aromatic heterocycles. The van der Waals surface area contributed by atoms with E-state index in [1.807, 2.05) is 55.5 Å². The Labute approximate surface area is 141 Å². The molecule has 0 fully saturated rings. The summed E-state index contributed by atoms with van der Waals surface area (Å²) in [5.74, 6) is -0.585. The molecule has 1 atom stereocenters. The van der Waals surface area contributed by atoms with Crippen molar-refractivity contribution in [2.75, 3.05) is 0 Å². The lowest BCUT2D eigenvalue weighted by molar-refractivity contribution is -0.145. The zero-order valence-electron chi connectivity index (χ0n) is 13.6. The van der Waals surface area contributed by atoms with Gasteiger partial charge in [0, 0.05) is 0 Å². The number of carbonyl (C=O) groups is 1. The van der Waals surface area contributed by atoms with Crippen molar-refractivity contribution in [1.82, 2.24) is 0 Å². The molecule has 122 valence electrons. The van der Waals surface area contributed by atoms with E-state index in [1.165, 1.54) is 0 Å². The van der Waals surface area contributed by atoms with Crippen LogP contribution in [-0.2, 0) is 11.2 Å². The third-order valence-corrected chi connectivity index (χ3v) is 4.53. The first-order chi connectivity index (χ1) is 11.5. The maximum Gasteiger partial charge on any atom is 0.314 e. The topological polar surface area (TPSA) is 57.5 Å². The normalized spacial score (nSPS) is 19.8. The number of aliphatic carboxylic acids is 1. The van der Waals surface area contributed by atoms with Gasteiger partial charge in [0.2, 0.25) is 0 Å². The van der Waals surface area contributed by atoms with Gasteiger partial charge in [-0.2, -0.15) is 0 Å². The molecule has 2 aromatic carbocycles. The van der Waals surface area contributed by atoms with Gasteiger partial charge in [-0.15, -0.1) is 0 Å². The van der Waals surface area contributed by atoms with Crippen LogP contribution in [-0.4, -0.2) is 16.2 Å². The second-order valence-corrected chi connectivity index (χ2v) is 6.37. The van der Waals surface area contributed by atoms with E-state index >= 15 is 0 Å². The molecule has 3 nitrogen and oxygen atoms in total. The molecule has 1 aliphatic carbocycles. The Kier molecular flexibility index (Phi) is 4.26. The largest absolute Gasteiger partial charge is 0.508 e. The zero-order valence-corrected chi connectivity index (χ0v) is 13.6. The van der Waals surface area contributed by atoms with Gasteiger partial charge in [0.1, 0.15) is 5.75 Å². The molecular weight excluding hydrogens is 300 g/mol. The van der Waals surface area contributed by atoms with Crippen LogP contribution < -0.4 is 0 Å². The van der Waals surface area contributed by atoms with Gasteiger partial charge in [-0.3, -0.25) is 4.79 Å².